The zero-order valence-corrected chi connectivity index (χ0v) is 15.7. The molecule has 0 radical (unpaired) electrons. The first-order chi connectivity index (χ1) is 13.9. The Hall–Kier alpha value is -3.51. The number of fused-ring (bicyclic) bond motifs is 3. The van der Waals surface area contributed by atoms with E-state index in [9.17, 15) is 17.2 Å². The number of anilines is 1. The van der Waals surface area contributed by atoms with Crippen LogP contribution in [-0.2, 0) is 16.4 Å². The van der Waals surface area contributed by atoms with E-state index in [-0.39, 0.29) is 23.4 Å². The van der Waals surface area contributed by atoms with E-state index in [1.165, 1.54) is 6.20 Å². The molecule has 0 unspecified atom stereocenters. The molecule has 2 aromatic heterocycles. The maximum Gasteiger partial charge on any atom is 0.264 e. The van der Waals surface area contributed by atoms with Crippen LogP contribution in [0.1, 0.15) is 5.56 Å². The summed E-state index contributed by atoms with van der Waals surface area (Å²) in [6, 6.07) is 8.74. The van der Waals surface area contributed by atoms with Gasteiger partial charge in [-0.2, -0.15) is 0 Å². The minimum atomic E-state index is -4.22. The van der Waals surface area contributed by atoms with E-state index >= 15 is 0 Å². The highest BCUT2D eigenvalue weighted by Crippen LogP contribution is 2.30. The van der Waals surface area contributed by atoms with Crippen LogP contribution in [0, 0.1) is 18.2 Å². The highest BCUT2D eigenvalue weighted by atomic mass is 32.2. The standard InChI is InChI=1S/C20H14F2N4O2S/c1-23-8-6-13-9-16(22)17(10-15(13)21)26-29(27,28)18-11-25-20-14(18)5-4-12-3-2-7-24-19(12)20/h2-5,7,9-11,24,26H,6,8H2. The summed E-state index contributed by atoms with van der Waals surface area (Å²) < 4.78 is 56.3. The first-order valence-electron chi connectivity index (χ1n) is 8.59. The fourth-order valence-electron chi connectivity index (χ4n) is 3.15. The molecule has 0 aliphatic rings. The van der Waals surface area contributed by atoms with Gasteiger partial charge in [0.15, 0.2) is 0 Å². The van der Waals surface area contributed by atoms with Crippen molar-refractivity contribution in [2.75, 3.05) is 11.3 Å². The molecule has 0 aliphatic carbocycles. The van der Waals surface area contributed by atoms with Crippen LogP contribution in [-0.4, -0.2) is 24.9 Å². The van der Waals surface area contributed by atoms with E-state index in [0.717, 1.165) is 17.5 Å². The molecule has 0 spiro atoms. The van der Waals surface area contributed by atoms with Crippen LogP contribution in [0.3, 0.4) is 0 Å². The lowest BCUT2D eigenvalue weighted by Gasteiger charge is -2.10. The number of pyridine rings is 1. The number of benzene rings is 2. The Morgan fingerprint density at radius 3 is 2.79 bits per heavy atom. The van der Waals surface area contributed by atoms with E-state index in [2.05, 4.69) is 19.5 Å². The second kappa shape index (κ2) is 7.14. The number of aromatic amines is 1. The fourth-order valence-corrected chi connectivity index (χ4v) is 4.36. The summed E-state index contributed by atoms with van der Waals surface area (Å²) >= 11 is 0. The van der Waals surface area contributed by atoms with Crippen LogP contribution in [0.25, 0.3) is 26.7 Å². The van der Waals surface area contributed by atoms with Gasteiger partial charge in [0.25, 0.3) is 10.0 Å². The summed E-state index contributed by atoms with van der Waals surface area (Å²) in [7, 11) is -4.22. The van der Waals surface area contributed by atoms with E-state index in [1.54, 1.807) is 18.3 Å². The Bertz CT molecular complexity index is 1390. The predicted octanol–water partition coefficient (Wildman–Crippen LogP) is 4.26. The number of rotatable bonds is 5. The van der Waals surface area contributed by atoms with Crippen LogP contribution < -0.4 is 4.72 Å². The molecule has 0 fully saturated rings. The van der Waals surface area contributed by atoms with Gasteiger partial charge < -0.3 is 9.83 Å². The normalized spacial score (nSPS) is 11.6. The van der Waals surface area contributed by atoms with Crippen molar-refractivity contribution in [1.29, 1.82) is 0 Å². The SMILES string of the molecule is [C-]#[N+]CCc1cc(F)c(NS(=O)(=O)c2cnc3c2ccc2ccc[nH]c23)cc1F. The van der Waals surface area contributed by atoms with Gasteiger partial charge in [-0.05, 0) is 17.7 Å². The lowest BCUT2D eigenvalue weighted by molar-refractivity contribution is 0.586. The molecule has 9 heteroatoms. The molecule has 0 atom stereocenters. The molecule has 2 N–H and O–H groups in total. The molecule has 0 saturated carbocycles. The Labute approximate surface area is 165 Å². The summed E-state index contributed by atoms with van der Waals surface area (Å²) in [6.45, 7) is 6.75. The zero-order chi connectivity index (χ0) is 20.6. The van der Waals surface area contributed by atoms with Crippen molar-refractivity contribution >= 4 is 37.5 Å². The molecule has 0 bridgehead atoms. The number of sulfonamides is 1. The van der Waals surface area contributed by atoms with Crippen LogP contribution in [0.2, 0.25) is 0 Å². The smallest absolute Gasteiger partial charge is 0.264 e. The number of halogens is 2. The lowest BCUT2D eigenvalue weighted by Crippen LogP contribution is -2.14. The molecule has 4 aromatic rings. The van der Waals surface area contributed by atoms with Gasteiger partial charge in [-0.15, -0.1) is 0 Å². The minimum absolute atomic E-state index is 0.0115. The summed E-state index contributed by atoms with van der Waals surface area (Å²) in [5.74, 6) is -1.70. The Morgan fingerprint density at radius 2 is 2.00 bits per heavy atom. The van der Waals surface area contributed by atoms with Crippen LogP contribution in [0.4, 0.5) is 14.5 Å². The molecule has 146 valence electrons. The molecule has 29 heavy (non-hydrogen) atoms. The molecule has 2 aromatic carbocycles. The summed E-state index contributed by atoms with van der Waals surface area (Å²) in [5, 5.41) is 1.22. The van der Waals surface area contributed by atoms with Gasteiger partial charge in [-0.3, -0.25) is 9.71 Å². The van der Waals surface area contributed by atoms with Crippen molar-refractivity contribution in [3.8, 4) is 0 Å². The molecule has 0 amide bonds. The third kappa shape index (κ3) is 3.39. The average molecular weight is 412 g/mol. The second-order valence-electron chi connectivity index (χ2n) is 6.38. The lowest BCUT2D eigenvalue weighted by atomic mass is 10.1. The Balaban J connectivity index is 1.74. The van der Waals surface area contributed by atoms with Crippen LogP contribution in [0.15, 0.2) is 53.7 Å². The first-order valence-corrected chi connectivity index (χ1v) is 10.1. The number of hydrogen-bond acceptors (Lipinski definition) is 3. The highest BCUT2D eigenvalue weighted by Gasteiger charge is 2.23. The van der Waals surface area contributed by atoms with Crippen molar-refractivity contribution in [1.82, 2.24) is 9.97 Å². The third-order valence-corrected chi connectivity index (χ3v) is 5.94. The first kappa shape index (κ1) is 18.8. The molecule has 6 nitrogen and oxygen atoms in total. The van der Waals surface area contributed by atoms with Crippen molar-refractivity contribution < 1.29 is 17.2 Å². The van der Waals surface area contributed by atoms with E-state index in [4.69, 9.17) is 6.57 Å². The molecule has 0 saturated heterocycles. The number of nitrogens with one attached hydrogen (secondary N) is 2. The van der Waals surface area contributed by atoms with Gasteiger partial charge in [0.2, 0.25) is 6.54 Å². The van der Waals surface area contributed by atoms with E-state index < -0.39 is 27.3 Å². The van der Waals surface area contributed by atoms with Gasteiger partial charge in [0.1, 0.15) is 16.5 Å². The average Bonchev–Trinajstić information content (AvgIpc) is 3.15. The summed E-state index contributed by atoms with van der Waals surface area (Å²) in [6.07, 6.45) is 2.93. The second-order valence-corrected chi connectivity index (χ2v) is 8.03. The van der Waals surface area contributed by atoms with Crippen molar-refractivity contribution in [2.45, 2.75) is 11.3 Å². The van der Waals surface area contributed by atoms with Crippen molar-refractivity contribution in [3.05, 3.63) is 77.4 Å². The van der Waals surface area contributed by atoms with Gasteiger partial charge in [0.05, 0.1) is 16.7 Å². The fraction of sp³-hybridized carbons (Fsp3) is 0.100. The van der Waals surface area contributed by atoms with Gasteiger partial charge >= 0.3 is 0 Å². The minimum Gasteiger partial charge on any atom is -0.359 e. The number of hydrogen-bond donors (Lipinski definition) is 2. The monoisotopic (exact) mass is 412 g/mol. The van der Waals surface area contributed by atoms with Gasteiger partial charge in [0, 0.05) is 35.7 Å². The third-order valence-electron chi connectivity index (χ3n) is 4.55. The Morgan fingerprint density at radius 1 is 1.17 bits per heavy atom. The molecular formula is C20H14F2N4O2S. The summed E-state index contributed by atoms with van der Waals surface area (Å²) in [5.41, 5.74) is 0.650. The molecule has 2 heterocycles. The topological polar surface area (TPSA) is 79.2 Å². The Kier molecular flexibility index (Phi) is 4.64. The molecular weight excluding hydrogens is 398 g/mol. The van der Waals surface area contributed by atoms with Crippen LogP contribution >= 0.6 is 0 Å². The maximum atomic E-state index is 14.4. The molecule has 0 aliphatic heterocycles. The number of aromatic nitrogens is 2. The van der Waals surface area contributed by atoms with Crippen molar-refractivity contribution in [3.63, 3.8) is 0 Å². The number of nitrogens with zero attached hydrogens (tertiary/aromatic N) is 2. The van der Waals surface area contributed by atoms with Gasteiger partial charge in [-0.25, -0.2) is 23.8 Å². The number of H-pyrrole nitrogens is 1. The largest absolute Gasteiger partial charge is 0.359 e. The molecule has 4 rings (SSSR count). The van der Waals surface area contributed by atoms with Crippen LogP contribution in [0.5, 0.6) is 0 Å². The zero-order valence-electron chi connectivity index (χ0n) is 14.9. The summed E-state index contributed by atoms with van der Waals surface area (Å²) in [4.78, 5) is 10.2. The van der Waals surface area contributed by atoms with E-state index in [0.29, 0.717) is 16.4 Å². The maximum absolute atomic E-state index is 14.4. The quantitative estimate of drug-likeness (QED) is 0.481. The highest BCUT2D eigenvalue weighted by molar-refractivity contribution is 7.93. The van der Waals surface area contributed by atoms with E-state index in [1.807, 2.05) is 12.1 Å². The predicted molar refractivity (Wildman–Crippen MR) is 106 cm³/mol. The van der Waals surface area contributed by atoms with Crippen molar-refractivity contribution in [2.24, 2.45) is 0 Å². The van der Waals surface area contributed by atoms with Gasteiger partial charge in [-0.1, -0.05) is 18.2 Å².